The summed E-state index contributed by atoms with van der Waals surface area (Å²) in [6, 6.07) is 0. The Labute approximate surface area is 189 Å². The first-order valence-corrected chi connectivity index (χ1v) is 13.4. The highest BCUT2D eigenvalue weighted by atomic mass is 16.7. The maximum absolute atomic E-state index is 5.54. The van der Waals surface area contributed by atoms with Crippen LogP contribution in [0.3, 0.4) is 0 Å². The predicted octanol–water partition coefficient (Wildman–Crippen LogP) is 9.54. The van der Waals surface area contributed by atoms with E-state index in [2.05, 4.69) is 38.2 Å². The average molecular weight is 423 g/mol. The predicted molar refractivity (Wildman–Crippen MR) is 134 cm³/mol. The third-order valence-electron chi connectivity index (χ3n) is 5.54. The minimum absolute atomic E-state index is 0.457. The number of ether oxygens (including phenoxy) is 2. The molecular weight excluding hydrogens is 368 g/mol. The summed E-state index contributed by atoms with van der Waals surface area (Å²) in [5, 5.41) is 0. The van der Waals surface area contributed by atoms with Crippen LogP contribution in [0.5, 0.6) is 0 Å². The Bertz CT molecular complexity index is 349. The largest absolute Gasteiger partial charge is 0.355 e. The van der Waals surface area contributed by atoms with Crippen molar-refractivity contribution in [2.45, 2.75) is 136 Å². The molecule has 0 aromatic carbocycles. The first-order valence-electron chi connectivity index (χ1n) is 13.4. The van der Waals surface area contributed by atoms with Crippen LogP contribution in [-0.4, -0.2) is 20.0 Å². The molecular formula is C28H54O2. The van der Waals surface area contributed by atoms with Crippen molar-refractivity contribution in [2.75, 3.05) is 20.0 Å². The lowest BCUT2D eigenvalue weighted by atomic mass is 10.1. The minimum atomic E-state index is 0.457. The number of rotatable bonds is 25. The van der Waals surface area contributed by atoms with Gasteiger partial charge in [-0.3, -0.25) is 0 Å². The summed E-state index contributed by atoms with van der Waals surface area (Å²) < 4.78 is 11.1. The number of hydrogen-bond acceptors (Lipinski definition) is 2. The molecule has 0 radical (unpaired) electrons. The van der Waals surface area contributed by atoms with E-state index >= 15 is 0 Å². The molecule has 0 aromatic rings. The molecule has 2 nitrogen and oxygen atoms in total. The van der Waals surface area contributed by atoms with Crippen LogP contribution < -0.4 is 0 Å². The van der Waals surface area contributed by atoms with Gasteiger partial charge in [0.15, 0.2) is 0 Å². The van der Waals surface area contributed by atoms with Crippen molar-refractivity contribution >= 4 is 0 Å². The van der Waals surface area contributed by atoms with Gasteiger partial charge in [0.05, 0.1) is 6.61 Å². The molecule has 2 heteroatoms. The zero-order valence-electron chi connectivity index (χ0n) is 20.7. The Balaban J connectivity index is 3.10. The first-order chi connectivity index (χ1) is 14.9. The first kappa shape index (κ1) is 29.4. The molecule has 0 aliphatic carbocycles. The van der Waals surface area contributed by atoms with Gasteiger partial charge in [-0.15, -0.1) is 0 Å². The molecule has 0 saturated carbocycles. The lowest BCUT2D eigenvalue weighted by Crippen LogP contribution is -2.02. The summed E-state index contributed by atoms with van der Waals surface area (Å²) in [6.45, 7) is 6.60. The third kappa shape index (κ3) is 27.4. The summed E-state index contributed by atoms with van der Waals surface area (Å²) >= 11 is 0. The second kappa shape index (κ2) is 28.4. The van der Waals surface area contributed by atoms with Gasteiger partial charge in [0.2, 0.25) is 0 Å². The number of unbranched alkanes of at least 4 members (excludes halogenated alkanes) is 15. The van der Waals surface area contributed by atoms with Crippen LogP contribution in [0, 0.1) is 0 Å². The van der Waals surface area contributed by atoms with Crippen molar-refractivity contribution in [3.05, 3.63) is 24.3 Å². The van der Waals surface area contributed by atoms with Crippen molar-refractivity contribution in [1.29, 1.82) is 0 Å². The second-order valence-corrected chi connectivity index (χ2v) is 8.63. The highest BCUT2D eigenvalue weighted by Crippen LogP contribution is 2.10. The van der Waals surface area contributed by atoms with Gasteiger partial charge in [-0.25, -0.2) is 0 Å². The third-order valence-corrected chi connectivity index (χ3v) is 5.54. The van der Waals surface area contributed by atoms with E-state index in [1.165, 1.54) is 116 Å². The normalized spacial score (nSPS) is 11.9. The van der Waals surface area contributed by atoms with Crippen LogP contribution in [0.25, 0.3) is 0 Å². The molecule has 0 atom stereocenters. The van der Waals surface area contributed by atoms with Crippen molar-refractivity contribution in [1.82, 2.24) is 0 Å². The summed E-state index contributed by atoms with van der Waals surface area (Å²) in [7, 11) is 0. The van der Waals surface area contributed by atoms with E-state index in [-0.39, 0.29) is 0 Å². The van der Waals surface area contributed by atoms with E-state index < -0.39 is 0 Å². The Kier molecular flexibility index (Phi) is 27.8. The minimum Gasteiger partial charge on any atom is -0.355 e. The Morgan fingerprint density at radius 1 is 0.400 bits per heavy atom. The molecule has 0 amide bonds. The van der Waals surface area contributed by atoms with Crippen LogP contribution in [0.15, 0.2) is 24.3 Å². The Morgan fingerprint density at radius 3 is 1.43 bits per heavy atom. The lowest BCUT2D eigenvalue weighted by Gasteiger charge is -2.05. The van der Waals surface area contributed by atoms with Gasteiger partial charge >= 0.3 is 0 Å². The summed E-state index contributed by atoms with van der Waals surface area (Å²) in [6.07, 6.45) is 34.3. The Hall–Kier alpha value is -0.600. The topological polar surface area (TPSA) is 18.5 Å². The molecule has 0 aliphatic heterocycles. The summed E-state index contributed by atoms with van der Waals surface area (Å²) in [5.74, 6) is 0. The smallest absolute Gasteiger partial charge is 0.146 e. The number of hydrogen-bond donors (Lipinski definition) is 0. The average Bonchev–Trinajstić information content (AvgIpc) is 2.76. The molecule has 0 spiro atoms. The van der Waals surface area contributed by atoms with Gasteiger partial charge < -0.3 is 9.47 Å². The highest BCUT2D eigenvalue weighted by molar-refractivity contribution is 4.82. The quantitative estimate of drug-likeness (QED) is 0.0828. The fourth-order valence-electron chi connectivity index (χ4n) is 3.51. The van der Waals surface area contributed by atoms with Crippen LogP contribution in [0.4, 0.5) is 0 Å². The zero-order chi connectivity index (χ0) is 21.8. The van der Waals surface area contributed by atoms with Crippen molar-refractivity contribution < 1.29 is 9.47 Å². The molecule has 0 unspecified atom stereocenters. The summed E-state index contributed by atoms with van der Waals surface area (Å²) in [4.78, 5) is 0. The molecule has 0 fully saturated rings. The van der Waals surface area contributed by atoms with E-state index in [1.807, 2.05) is 0 Å². The van der Waals surface area contributed by atoms with Crippen LogP contribution in [0.2, 0.25) is 0 Å². The summed E-state index contributed by atoms with van der Waals surface area (Å²) in [5.41, 5.74) is 0. The van der Waals surface area contributed by atoms with E-state index in [9.17, 15) is 0 Å². The van der Waals surface area contributed by atoms with Gasteiger partial charge in [-0.1, -0.05) is 115 Å². The second-order valence-electron chi connectivity index (χ2n) is 8.63. The molecule has 30 heavy (non-hydrogen) atoms. The molecule has 0 heterocycles. The Morgan fingerprint density at radius 2 is 0.833 bits per heavy atom. The highest BCUT2D eigenvalue weighted by Gasteiger charge is 1.93. The monoisotopic (exact) mass is 422 g/mol. The molecule has 178 valence electrons. The maximum Gasteiger partial charge on any atom is 0.146 e. The fourth-order valence-corrected chi connectivity index (χ4v) is 3.51. The molecule has 0 bridgehead atoms. The van der Waals surface area contributed by atoms with Gasteiger partial charge in [0.1, 0.15) is 6.79 Å². The fraction of sp³-hybridized carbons (Fsp3) is 0.857. The van der Waals surface area contributed by atoms with Gasteiger partial charge in [0, 0.05) is 6.61 Å². The SMILES string of the molecule is CCCC/C=C/CCCCCCCC/C=C/CCOCOCCCCCCCCC. The van der Waals surface area contributed by atoms with Crippen LogP contribution >= 0.6 is 0 Å². The van der Waals surface area contributed by atoms with Crippen molar-refractivity contribution in [2.24, 2.45) is 0 Å². The zero-order valence-corrected chi connectivity index (χ0v) is 20.7. The molecule has 0 saturated heterocycles. The van der Waals surface area contributed by atoms with E-state index in [1.54, 1.807) is 0 Å². The van der Waals surface area contributed by atoms with Gasteiger partial charge in [-0.05, 0) is 44.9 Å². The number of allylic oxidation sites excluding steroid dienone is 3. The molecule has 0 N–H and O–H groups in total. The van der Waals surface area contributed by atoms with Gasteiger partial charge in [0.25, 0.3) is 0 Å². The standard InChI is InChI=1S/C28H54O2/c1-3-5-7-9-11-12-13-14-15-16-17-18-19-21-23-25-27-30-28-29-26-24-22-20-10-8-6-4-2/h9,11,21,23H,3-8,10,12-20,22,24-28H2,1-2H3/b11-9+,23-21+. The molecule has 0 rings (SSSR count). The van der Waals surface area contributed by atoms with Gasteiger partial charge in [-0.2, -0.15) is 0 Å². The lowest BCUT2D eigenvalue weighted by molar-refractivity contribution is -0.0531. The van der Waals surface area contributed by atoms with E-state index in [4.69, 9.17) is 9.47 Å². The van der Waals surface area contributed by atoms with Crippen LogP contribution in [-0.2, 0) is 9.47 Å². The van der Waals surface area contributed by atoms with Crippen molar-refractivity contribution in [3.8, 4) is 0 Å². The molecule has 0 aliphatic rings. The molecule has 0 aromatic heterocycles. The van der Waals surface area contributed by atoms with Crippen LogP contribution in [0.1, 0.15) is 136 Å². The van der Waals surface area contributed by atoms with E-state index in [0.717, 1.165) is 19.6 Å². The maximum atomic E-state index is 5.54. The van der Waals surface area contributed by atoms with E-state index in [0.29, 0.717) is 6.79 Å². The van der Waals surface area contributed by atoms with Crippen molar-refractivity contribution in [3.63, 3.8) is 0 Å².